The van der Waals surface area contributed by atoms with Gasteiger partial charge in [0.05, 0.1) is 0 Å². The van der Waals surface area contributed by atoms with Gasteiger partial charge >= 0.3 is 0 Å². The molecule has 4 heteroatoms. The molecule has 0 aromatic carbocycles. The van der Waals surface area contributed by atoms with Crippen molar-refractivity contribution in [1.82, 2.24) is 0 Å². The molecule has 0 aromatic heterocycles. The molecule has 0 bridgehead atoms. The van der Waals surface area contributed by atoms with Gasteiger partial charge in [0.25, 0.3) is 0 Å². The van der Waals surface area contributed by atoms with Crippen molar-refractivity contribution < 1.29 is 24.9 Å². The van der Waals surface area contributed by atoms with Crippen LogP contribution in [-0.2, 0) is 20.1 Å². The average Bonchev–Trinajstić information content (AvgIpc) is 2.22. The Kier molecular flexibility index (Phi) is 10.4. The van der Waals surface area contributed by atoms with E-state index >= 15 is 0 Å². The van der Waals surface area contributed by atoms with Crippen molar-refractivity contribution in [2.75, 3.05) is 0 Å². The first-order valence-corrected chi connectivity index (χ1v) is 12.2. The molecular formula is C21H44IrOP2. The van der Waals surface area contributed by atoms with Crippen LogP contribution in [0.25, 0.3) is 0 Å². The predicted molar refractivity (Wildman–Crippen MR) is 117 cm³/mol. The molecule has 1 nitrogen and oxygen atoms in total. The van der Waals surface area contributed by atoms with Crippen molar-refractivity contribution in [1.29, 1.82) is 0 Å². The van der Waals surface area contributed by atoms with E-state index in [-0.39, 0.29) is 41.2 Å². The Hall–Kier alpha value is 1.18. The molecule has 0 N–H and O–H groups in total. The second kappa shape index (κ2) is 9.12. The maximum absolute atomic E-state index is 14.0. The Labute approximate surface area is 175 Å². The molecule has 0 fully saturated rings. The minimum absolute atomic E-state index is 0. The van der Waals surface area contributed by atoms with Gasteiger partial charge in [-0.2, -0.15) is 0 Å². The molecule has 0 aliphatic carbocycles. The van der Waals surface area contributed by atoms with Gasteiger partial charge in [-0.05, 0) is 48.3 Å². The zero-order valence-corrected chi connectivity index (χ0v) is 23.5. The number of hydrogen-bond donors (Lipinski definition) is 0. The van der Waals surface area contributed by atoms with E-state index in [4.69, 9.17) is 0 Å². The molecule has 2 unspecified atom stereocenters. The molecule has 0 spiro atoms. The third kappa shape index (κ3) is 6.08. The standard InChI is InChI=1S/C21H44OP2.Ir/c1-15(2)23(20(11,12)18(5,6)7)17(22)24(16(3)4)21(13,14)19(8,9)10;/h15-16H,1-14H3;. The van der Waals surface area contributed by atoms with Crippen LogP contribution in [-0.4, -0.2) is 26.9 Å². The summed E-state index contributed by atoms with van der Waals surface area (Å²) >= 11 is 0. The van der Waals surface area contributed by atoms with Crippen LogP contribution in [0.2, 0.25) is 0 Å². The fraction of sp³-hybridized carbons (Fsp3) is 0.952. The van der Waals surface area contributed by atoms with E-state index in [0.717, 1.165) is 0 Å². The summed E-state index contributed by atoms with van der Waals surface area (Å²) in [5, 5.41) is 0.679. The zero-order chi connectivity index (χ0) is 19.9. The van der Waals surface area contributed by atoms with Crippen LogP contribution in [0.5, 0.6) is 0 Å². The van der Waals surface area contributed by atoms with E-state index in [9.17, 15) is 4.79 Å². The van der Waals surface area contributed by atoms with E-state index in [1.54, 1.807) is 0 Å². The fourth-order valence-electron chi connectivity index (χ4n) is 3.05. The molecule has 0 aromatic rings. The predicted octanol–water partition coefficient (Wildman–Crippen LogP) is 8.53. The summed E-state index contributed by atoms with van der Waals surface area (Å²) in [7, 11) is -1.41. The number of hydrogen-bond acceptors (Lipinski definition) is 1. The summed E-state index contributed by atoms with van der Waals surface area (Å²) in [5.74, 6) is 0. The van der Waals surface area contributed by atoms with Gasteiger partial charge in [-0.25, -0.2) is 0 Å². The molecule has 0 heterocycles. The van der Waals surface area contributed by atoms with Gasteiger partial charge in [0, 0.05) is 20.1 Å². The summed E-state index contributed by atoms with van der Waals surface area (Å²) in [6, 6.07) is 0. The van der Waals surface area contributed by atoms with E-state index < -0.39 is 15.8 Å². The van der Waals surface area contributed by atoms with Gasteiger partial charge < -0.3 is 0 Å². The molecule has 0 rings (SSSR count). The normalized spacial score (nSPS) is 16.6. The zero-order valence-electron chi connectivity index (χ0n) is 19.3. The first-order chi connectivity index (χ1) is 10.3. The molecule has 0 amide bonds. The third-order valence-corrected chi connectivity index (χ3v) is 14.3. The maximum atomic E-state index is 14.0. The number of rotatable bonds is 6. The maximum Gasteiger partial charge on any atom is 0.176 e. The Morgan fingerprint density at radius 1 is 0.600 bits per heavy atom. The van der Waals surface area contributed by atoms with E-state index in [0.29, 0.717) is 16.6 Å². The number of carbonyl (C=O) groups excluding carboxylic acids is 1. The van der Waals surface area contributed by atoms with Gasteiger partial charge in [-0.15, -0.1) is 0 Å². The van der Waals surface area contributed by atoms with Gasteiger partial charge in [0.2, 0.25) is 0 Å². The first kappa shape index (κ1) is 28.4. The molecule has 2 atom stereocenters. The minimum Gasteiger partial charge on any atom is -0.289 e. The summed E-state index contributed by atoms with van der Waals surface area (Å²) in [4.78, 5) is 14.0. The van der Waals surface area contributed by atoms with E-state index in [1.807, 2.05) is 0 Å². The topological polar surface area (TPSA) is 17.1 Å². The molecular weight excluding hydrogens is 522 g/mol. The monoisotopic (exact) mass is 567 g/mol. The average molecular weight is 567 g/mol. The van der Waals surface area contributed by atoms with Crippen LogP contribution in [0, 0.1) is 10.8 Å². The smallest absolute Gasteiger partial charge is 0.176 e. The summed E-state index contributed by atoms with van der Waals surface area (Å²) in [6.07, 6.45) is 0. The van der Waals surface area contributed by atoms with Crippen molar-refractivity contribution in [3.8, 4) is 0 Å². The van der Waals surface area contributed by atoms with E-state index in [1.165, 1.54) is 0 Å². The number of carbonyl (C=O) groups is 1. The Morgan fingerprint density at radius 3 is 0.920 bits per heavy atom. The molecule has 0 aliphatic rings. The second-order valence-corrected chi connectivity index (χ2v) is 17.8. The third-order valence-electron chi connectivity index (χ3n) is 6.32. The van der Waals surface area contributed by atoms with E-state index in [2.05, 4.69) is 96.9 Å². The second-order valence-electron chi connectivity index (χ2n) is 10.8. The fourth-order valence-corrected chi connectivity index (χ4v) is 12.7. The van der Waals surface area contributed by atoms with Gasteiger partial charge in [0.15, 0.2) is 5.27 Å². The Balaban J connectivity index is 0. The summed E-state index contributed by atoms with van der Waals surface area (Å²) in [6.45, 7) is 32.1. The van der Waals surface area contributed by atoms with Gasteiger partial charge in [0.1, 0.15) is 0 Å². The molecule has 25 heavy (non-hydrogen) atoms. The van der Waals surface area contributed by atoms with Crippen LogP contribution in [0.1, 0.15) is 96.9 Å². The quantitative estimate of drug-likeness (QED) is 0.295. The molecule has 153 valence electrons. The summed E-state index contributed by atoms with van der Waals surface area (Å²) in [5.41, 5.74) is 1.12. The molecule has 0 saturated heterocycles. The van der Waals surface area contributed by atoms with Crippen molar-refractivity contribution in [3.05, 3.63) is 0 Å². The van der Waals surface area contributed by atoms with Crippen LogP contribution in [0.15, 0.2) is 0 Å². The van der Waals surface area contributed by atoms with Crippen molar-refractivity contribution in [2.45, 2.75) is 119 Å². The van der Waals surface area contributed by atoms with Crippen molar-refractivity contribution in [3.63, 3.8) is 0 Å². The Bertz CT molecular complexity index is 400. The van der Waals surface area contributed by atoms with Crippen LogP contribution >= 0.6 is 15.8 Å². The van der Waals surface area contributed by atoms with Gasteiger partial charge in [-0.3, -0.25) is 4.79 Å². The van der Waals surface area contributed by atoms with Gasteiger partial charge in [-0.1, -0.05) is 96.9 Å². The molecule has 1 radical (unpaired) electrons. The van der Waals surface area contributed by atoms with Crippen LogP contribution in [0.4, 0.5) is 4.79 Å². The summed E-state index contributed by atoms with van der Waals surface area (Å²) < 4.78 is 0. The van der Waals surface area contributed by atoms with Crippen LogP contribution < -0.4 is 0 Å². The SMILES string of the molecule is CC(C)P(C(=O)P(C(C)C)C(C)(C)C(C)(C)C)C(C)(C)C(C)(C)C.[Ir]. The van der Waals surface area contributed by atoms with Crippen LogP contribution in [0.3, 0.4) is 0 Å². The Morgan fingerprint density at radius 2 is 0.800 bits per heavy atom. The largest absolute Gasteiger partial charge is 0.289 e. The molecule has 0 saturated carbocycles. The van der Waals surface area contributed by atoms with Crippen molar-refractivity contribution >= 4 is 21.1 Å². The minimum atomic E-state index is -0.706. The van der Waals surface area contributed by atoms with Crippen molar-refractivity contribution in [2.24, 2.45) is 10.8 Å². The first-order valence-electron chi connectivity index (χ1n) is 9.42. The molecule has 0 aliphatic heterocycles.